The van der Waals surface area contributed by atoms with E-state index in [0.717, 1.165) is 11.1 Å². The highest BCUT2D eigenvalue weighted by atomic mass is 28.4. The molecule has 8 atom stereocenters. The van der Waals surface area contributed by atoms with Crippen molar-refractivity contribution in [2.75, 3.05) is 48.6 Å². The molecule has 0 radical (unpaired) electrons. The van der Waals surface area contributed by atoms with Gasteiger partial charge in [-0.1, -0.05) is 59.8 Å². The zero-order chi connectivity index (χ0) is 33.9. The van der Waals surface area contributed by atoms with Crippen LogP contribution in [-0.2, 0) is 42.4 Å². The van der Waals surface area contributed by atoms with Gasteiger partial charge in [0.25, 0.3) is 0 Å². The van der Waals surface area contributed by atoms with Gasteiger partial charge < -0.3 is 42.3 Å². The van der Waals surface area contributed by atoms with Crippen molar-refractivity contribution in [3.05, 3.63) is 41.5 Å². The van der Waals surface area contributed by atoms with Crippen molar-refractivity contribution in [2.24, 2.45) is 17.8 Å². The molecule has 45 heavy (non-hydrogen) atoms. The molecule has 0 N–H and O–H groups in total. The maximum atomic E-state index is 13.0. The Morgan fingerprint density at radius 1 is 0.956 bits per heavy atom. The van der Waals surface area contributed by atoms with Gasteiger partial charge in [0.15, 0.2) is 20.7 Å². The Hall–Kier alpha value is -1.83. The maximum Gasteiger partial charge on any atom is 0.337 e. The van der Waals surface area contributed by atoms with Crippen molar-refractivity contribution < 1.29 is 47.1 Å². The van der Waals surface area contributed by atoms with E-state index in [9.17, 15) is 4.79 Å². The molecule has 1 aliphatic rings. The summed E-state index contributed by atoms with van der Waals surface area (Å²) in [5, 5.41) is 0.132. The number of benzene rings is 1. The van der Waals surface area contributed by atoms with Gasteiger partial charge in [-0.15, -0.1) is 0 Å². The number of methoxy groups -OCH3 is 4. The third-order valence-electron chi connectivity index (χ3n) is 8.95. The van der Waals surface area contributed by atoms with Gasteiger partial charge in [-0.05, 0) is 48.7 Å². The molecule has 2 rings (SSSR count). The van der Waals surface area contributed by atoms with Crippen LogP contribution >= 0.6 is 0 Å². The molecule has 1 unspecified atom stereocenters. The number of hydrogen-bond acceptors (Lipinski definition) is 10. The predicted molar refractivity (Wildman–Crippen MR) is 175 cm³/mol. The second kappa shape index (κ2) is 17.9. The molecule has 258 valence electrons. The maximum absolute atomic E-state index is 13.0. The molecule has 0 amide bonds. The average molecular weight is 655 g/mol. The standard InChI is InChI=1S/C34H58O10Si/c1-22(19-42-45(12,13)34(5,6)7)18-23(2)28(40-20-36-8)24(3)29-25(4)30(31(32(35)39-11)41-21-37-9)44-33(43-29)26-14-16-27(38-10)17-15-26/h14-18,22,24-25,28-31,33H,19-21H2,1-13H3/b23-18+/t22-,24+,25-,28-,29+,30+,31-,33?/m1/s1. The monoisotopic (exact) mass is 654 g/mol. The minimum atomic E-state index is -1.89. The zero-order valence-corrected chi connectivity index (χ0v) is 30.7. The van der Waals surface area contributed by atoms with Gasteiger partial charge in [-0.2, -0.15) is 0 Å². The molecule has 1 saturated heterocycles. The summed E-state index contributed by atoms with van der Waals surface area (Å²) in [4.78, 5) is 13.0. The van der Waals surface area contributed by atoms with Crippen LogP contribution in [0.4, 0.5) is 0 Å². The Morgan fingerprint density at radius 2 is 1.53 bits per heavy atom. The van der Waals surface area contributed by atoms with Gasteiger partial charge in [0.1, 0.15) is 25.4 Å². The quantitative estimate of drug-likeness (QED) is 0.0801. The number of esters is 1. The first-order valence-electron chi connectivity index (χ1n) is 15.7. The van der Waals surface area contributed by atoms with Crippen LogP contribution in [0.25, 0.3) is 0 Å². The summed E-state index contributed by atoms with van der Waals surface area (Å²) in [6.07, 6.45) is -1.06. The van der Waals surface area contributed by atoms with Crippen molar-refractivity contribution in [3.8, 4) is 5.75 Å². The van der Waals surface area contributed by atoms with Crippen LogP contribution in [0.15, 0.2) is 35.9 Å². The Morgan fingerprint density at radius 3 is 2.07 bits per heavy atom. The van der Waals surface area contributed by atoms with Gasteiger partial charge in [-0.3, -0.25) is 0 Å². The fourth-order valence-corrected chi connectivity index (χ4v) is 6.45. The van der Waals surface area contributed by atoms with E-state index in [2.05, 4.69) is 60.7 Å². The van der Waals surface area contributed by atoms with E-state index >= 15 is 0 Å². The van der Waals surface area contributed by atoms with E-state index in [-0.39, 0.29) is 42.5 Å². The van der Waals surface area contributed by atoms with E-state index in [1.165, 1.54) is 14.2 Å². The fraction of sp³-hybridized carbons (Fsp3) is 0.735. The lowest BCUT2D eigenvalue weighted by Gasteiger charge is -2.46. The van der Waals surface area contributed by atoms with Gasteiger partial charge in [0.2, 0.25) is 0 Å². The molecule has 11 heteroatoms. The Bertz CT molecular complexity index is 1050. The third-order valence-corrected chi connectivity index (χ3v) is 13.5. The van der Waals surface area contributed by atoms with Crippen molar-refractivity contribution in [1.82, 2.24) is 0 Å². The minimum absolute atomic E-state index is 0.100. The van der Waals surface area contributed by atoms with E-state index in [1.54, 1.807) is 14.2 Å². The highest BCUT2D eigenvalue weighted by molar-refractivity contribution is 6.74. The molecule has 10 nitrogen and oxygen atoms in total. The van der Waals surface area contributed by atoms with E-state index < -0.39 is 38.9 Å². The van der Waals surface area contributed by atoms with Crippen LogP contribution in [0.3, 0.4) is 0 Å². The molecule has 0 bridgehead atoms. The topological polar surface area (TPSA) is 100 Å². The SMILES string of the molecule is COCO[C@H](/C(C)=C/[C@@H](C)CO[Si](C)(C)C(C)(C)C)[C@H](C)[C@@H]1OC(c2ccc(OC)cc2)O[C@H]([C@@H](OCOC)C(=O)OC)[C@@H]1C. The molecular formula is C34H58O10Si. The van der Waals surface area contributed by atoms with E-state index in [0.29, 0.717) is 12.4 Å². The molecule has 0 saturated carbocycles. The first kappa shape index (κ1) is 39.3. The normalized spacial score (nSPS) is 24.1. The number of hydrogen-bond donors (Lipinski definition) is 0. The van der Waals surface area contributed by atoms with Crippen LogP contribution in [0.1, 0.15) is 60.3 Å². The highest BCUT2D eigenvalue weighted by Gasteiger charge is 2.48. The second-order valence-corrected chi connectivity index (χ2v) is 18.3. The van der Waals surface area contributed by atoms with Gasteiger partial charge >= 0.3 is 5.97 Å². The Balaban J connectivity index is 2.45. The predicted octanol–water partition coefficient (Wildman–Crippen LogP) is 6.51. The minimum Gasteiger partial charge on any atom is -0.497 e. The first-order chi connectivity index (χ1) is 21.1. The zero-order valence-electron chi connectivity index (χ0n) is 29.7. The Labute approximate surface area is 272 Å². The van der Waals surface area contributed by atoms with Crippen LogP contribution < -0.4 is 4.74 Å². The lowest BCUT2D eigenvalue weighted by Crippen LogP contribution is -2.54. The summed E-state index contributed by atoms with van der Waals surface area (Å²) >= 11 is 0. The number of ether oxygens (including phenoxy) is 8. The largest absolute Gasteiger partial charge is 0.497 e. The first-order valence-corrected chi connectivity index (χ1v) is 18.6. The lowest BCUT2D eigenvalue weighted by atomic mass is 9.81. The van der Waals surface area contributed by atoms with Crippen LogP contribution in [0.5, 0.6) is 5.75 Å². The van der Waals surface area contributed by atoms with E-state index in [1.807, 2.05) is 31.2 Å². The summed E-state index contributed by atoms with van der Waals surface area (Å²) in [5.41, 5.74) is 1.82. The number of rotatable bonds is 17. The average Bonchev–Trinajstić information content (AvgIpc) is 3.00. The molecule has 0 aliphatic carbocycles. The van der Waals surface area contributed by atoms with Crippen molar-refractivity contribution in [2.45, 2.75) is 97.3 Å². The van der Waals surface area contributed by atoms with Gasteiger partial charge in [0.05, 0.1) is 26.4 Å². The van der Waals surface area contributed by atoms with E-state index in [4.69, 9.17) is 42.3 Å². The molecule has 1 fully saturated rings. The summed E-state index contributed by atoms with van der Waals surface area (Å²) in [6, 6.07) is 7.46. The molecule has 1 aromatic rings. The summed E-state index contributed by atoms with van der Waals surface area (Å²) in [5.74, 6) is -0.145. The van der Waals surface area contributed by atoms with Crippen molar-refractivity contribution >= 4 is 14.3 Å². The molecular weight excluding hydrogens is 596 g/mol. The van der Waals surface area contributed by atoms with Crippen LogP contribution in [0.2, 0.25) is 18.1 Å². The third kappa shape index (κ3) is 10.9. The summed E-state index contributed by atoms with van der Waals surface area (Å²) in [6.45, 7) is 20.2. The highest BCUT2D eigenvalue weighted by Crippen LogP contribution is 2.41. The van der Waals surface area contributed by atoms with Crippen molar-refractivity contribution in [3.63, 3.8) is 0 Å². The summed E-state index contributed by atoms with van der Waals surface area (Å²) in [7, 11) is 4.15. The molecule has 0 spiro atoms. The lowest BCUT2D eigenvalue weighted by molar-refractivity contribution is -0.307. The molecule has 1 aliphatic heterocycles. The smallest absolute Gasteiger partial charge is 0.337 e. The van der Waals surface area contributed by atoms with Crippen LogP contribution in [-0.4, -0.2) is 87.3 Å². The van der Waals surface area contributed by atoms with Crippen molar-refractivity contribution in [1.29, 1.82) is 0 Å². The molecule has 0 aromatic heterocycles. The Kier molecular flexibility index (Phi) is 15.7. The summed E-state index contributed by atoms with van der Waals surface area (Å²) < 4.78 is 52.7. The molecule has 1 aromatic carbocycles. The van der Waals surface area contributed by atoms with Gasteiger partial charge in [-0.25, -0.2) is 4.79 Å². The number of carbonyl (C=O) groups excluding carboxylic acids is 1. The second-order valence-electron chi connectivity index (χ2n) is 13.5. The fourth-order valence-electron chi connectivity index (χ4n) is 5.33. The molecule has 1 heterocycles. The van der Waals surface area contributed by atoms with Crippen LogP contribution in [0, 0.1) is 17.8 Å². The number of carbonyl (C=O) groups is 1. The van der Waals surface area contributed by atoms with Gasteiger partial charge in [0, 0.05) is 38.2 Å².